The van der Waals surface area contributed by atoms with Gasteiger partial charge in [-0.05, 0) is 17.7 Å². The second-order valence-corrected chi connectivity index (χ2v) is 7.62. The van der Waals surface area contributed by atoms with Crippen molar-refractivity contribution in [1.29, 1.82) is 0 Å². The summed E-state index contributed by atoms with van der Waals surface area (Å²) >= 11 is 0. The molecule has 3 amide bonds. The molecular formula is C26H18N2O4. The van der Waals surface area contributed by atoms with Gasteiger partial charge in [0.2, 0.25) is 0 Å². The normalized spacial score (nSPS) is 22.2. The lowest BCUT2D eigenvalue weighted by molar-refractivity contribution is -0.152. The van der Waals surface area contributed by atoms with Crippen LogP contribution in [0.3, 0.4) is 0 Å². The quantitative estimate of drug-likeness (QED) is 0.360. The topological polar surface area (TPSA) is 74.8 Å². The van der Waals surface area contributed by atoms with Gasteiger partial charge >= 0.3 is 0 Å². The number of hydrogen-bond donors (Lipinski definition) is 0. The van der Waals surface area contributed by atoms with Gasteiger partial charge in [0.15, 0.2) is 17.4 Å². The average molecular weight is 422 g/mol. The molecule has 6 nitrogen and oxygen atoms in total. The van der Waals surface area contributed by atoms with Gasteiger partial charge in [0.1, 0.15) is 0 Å². The number of rotatable bonds is 5. The van der Waals surface area contributed by atoms with Crippen LogP contribution in [0.1, 0.15) is 15.9 Å². The van der Waals surface area contributed by atoms with Crippen molar-refractivity contribution in [3.05, 3.63) is 114 Å². The van der Waals surface area contributed by atoms with E-state index in [1.54, 1.807) is 84.9 Å². The Morgan fingerprint density at radius 1 is 0.688 bits per heavy atom. The first-order chi connectivity index (χ1) is 15.6. The van der Waals surface area contributed by atoms with Crippen LogP contribution in [0, 0.1) is 0 Å². The van der Waals surface area contributed by atoms with Gasteiger partial charge in [-0.2, -0.15) is 0 Å². The number of amides is 3. The molecule has 3 aromatic rings. The number of ketones is 1. The minimum absolute atomic E-state index is 0.370. The molecule has 0 aliphatic carbocycles. The molecule has 0 radical (unpaired) electrons. The van der Waals surface area contributed by atoms with Crippen LogP contribution >= 0.6 is 0 Å². The Hall–Kier alpha value is -4.32. The molecule has 1 saturated heterocycles. The number of Topliss-reactive ketones (excluding diaryl/α,β-unsaturated/α-hetero) is 1. The highest BCUT2D eigenvalue weighted by Gasteiger charge is 2.70. The molecule has 0 N–H and O–H groups in total. The highest BCUT2D eigenvalue weighted by Crippen LogP contribution is 2.49. The number of carbonyl (C=O) groups excluding carboxylic acids is 4. The highest BCUT2D eigenvalue weighted by molar-refractivity contribution is 6.26. The van der Waals surface area contributed by atoms with E-state index in [4.69, 9.17) is 0 Å². The first-order valence-corrected chi connectivity index (χ1v) is 10.2. The van der Waals surface area contributed by atoms with Gasteiger partial charge in [-0.15, -0.1) is 0 Å². The van der Waals surface area contributed by atoms with Crippen LogP contribution in [0.4, 0.5) is 5.69 Å². The van der Waals surface area contributed by atoms with Crippen molar-refractivity contribution in [3.63, 3.8) is 0 Å². The zero-order valence-corrected chi connectivity index (χ0v) is 16.9. The van der Waals surface area contributed by atoms with Gasteiger partial charge < -0.3 is 0 Å². The van der Waals surface area contributed by atoms with E-state index in [1.807, 2.05) is 6.07 Å². The van der Waals surface area contributed by atoms with Crippen LogP contribution in [0.2, 0.25) is 0 Å². The monoisotopic (exact) mass is 422 g/mol. The van der Waals surface area contributed by atoms with Crippen LogP contribution in [0.25, 0.3) is 0 Å². The maximum absolute atomic E-state index is 14.2. The number of hydrogen-bond acceptors (Lipinski definition) is 4. The van der Waals surface area contributed by atoms with Crippen LogP contribution in [-0.2, 0) is 19.9 Å². The molecule has 0 aromatic heterocycles. The van der Waals surface area contributed by atoms with E-state index in [0.717, 1.165) is 17.1 Å². The number of β-lactam (4-membered cyclic amide) rings is 1. The van der Waals surface area contributed by atoms with Gasteiger partial charge in [0.25, 0.3) is 17.7 Å². The molecular weight excluding hydrogens is 404 g/mol. The molecule has 0 bridgehead atoms. The largest absolute Gasteiger partial charge is 0.291 e. The Balaban J connectivity index is 1.79. The van der Waals surface area contributed by atoms with Crippen molar-refractivity contribution in [2.75, 3.05) is 4.90 Å². The predicted molar refractivity (Wildman–Crippen MR) is 118 cm³/mol. The van der Waals surface area contributed by atoms with Crippen molar-refractivity contribution < 1.29 is 19.2 Å². The van der Waals surface area contributed by atoms with Crippen LogP contribution in [-0.4, -0.2) is 34.4 Å². The van der Waals surface area contributed by atoms with Crippen LogP contribution in [0.15, 0.2) is 103 Å². The Kier molecular flexibility index (Phi) is 4.56. The SMILES string of the molecule is O=C1C=CC(=O)N1C1C(=O)N(c2ccccc2)C1(C(=O)c1ccccc1)c1ccccc1. The van der Waals surface area contributed by atoms with Crippen molar-refractivity contribution >= 4 is 29.2 Å². The molecule has 5 rings (SSSR count). The van der Waals surface area contributed by atoms with Gasteiger partial charge in [-0.25, -0.2) is 0 Å². The minimum Gasteiger partial charge on any atom is -0.291 e. The third kappa shape index (κ3) is 2.66. The highest BCUT2D eigenvalue weighted by atomic mass is 16.2. The molecule has 0 spiro atoms. The molecule has 2 unspecified atom stereocenters. The third-order valence-electron chi connectivity index (χ3n) is 5.91. The Morgan fingerprint density at radius 3 is 1.75 bits per heavy atom. The first kappa shape index (κ1) is 19.6. The fourth-order valence-electron chi connectivity index (χ4n) is 4.55. The smallest absolute Gasteiger partial charge is 0.254 e. The summed E-state index contributed by atoms with van der Waals surface area (Å²) < 4.78 is 0. The van der Waals surface area contributed by atoms with E-state index in [-0.39, 0.29) is 5.78 Å². The Morgan fingerprint density at radius 2 is 1.19 bits per heavy atom. The molecule has 1 fully saturated rings. The maximum Gasteiger partial charge on any atom is 0.254 e. The number of para-hydroxylation sites is 1. The van der Waals surface area contributed by atoms with Crippen molar-refractivity contribution in [2.24, 2.45) is 0 Å². The number of anilines is 1. The summed E-state index contributed by atoms with van der Waals surface area (Å²) in [6, 6.07) is 25.0. The van der Waals surface area contributed by atoms with Crippen LogP contribution in [0.5, 0.6) is 0 Å². The zero-order chi connectivity index (χ0) is 22.3. The predicted octanol–water partition coefficient (Wildman–Crippen LogP) is 3.11. The fourth-order valence-corrected chi connectivity index (χ4v) is 4.55. The van der Waals surface area contributed by atoms with Gasteiger partial charge in [0, 0.05) is 23.4 Å². The number of nitrogens with zero attached hydrogens (tertiary/aromatic N) is 2. The molecule has 156 valence electrons. The number of carbonyl (C=O) groups is 4. The Labute approximate surface area is 184 Å². The number of imide groups is 1. The summed E-state index contributed by atoms with van der Waals surface area (Å²) in [5.74, 6) is -2.08. The maximum atomic E-state index is 14.2. The van der Waals surface area contributed by atoms with E-state index < -0.39 is 29.3 Å². The average Bonchev–Trinajstić information content (AvgIpc) is 3.16. The van der Waals surface area contributed by atoms with E-state index >= 15 is 0 Å². The summed E-state index contributed by atoms with van der Waals surface area (Å²) in [6.07, 6.45) is 2.26. The zero-order valence-electron chi connectivity index (χ0n) is 16.9. The number of benzene rings is 3. The summed E-state index contributed by atoms with van der Waals surface area (Å²) in [6.45, 7) is 0. The molecule has 32 heavy (non-hydrogen) atoms. The van der Waals surface area contributed by atoms with Gasteiger partial charge in [0.05, 0.1) is 0 Å². The lowest BCUT2D eigenvalue weighted by Gasteiger charge is -2.58. The summed E-state index contributed by atoms with van der Waals surface area (Å²) in [4.78, 5) is 55.3. The van der Waals surface area contributed by atoms with E-state index in [9.17, 15) is 19.2 Å². The van der Waals surface area contributed by atoms with Crippen molar-refractivity contribution in [2.45, 2.75) is 11.6 Å². The molecule has 6 heteroatoms. The molecule has 2 aliphatic heterocycles. The summed E-state index contributed by atoms with van der Waals surface area (Å²) in [7, 11) is 0. The van der Waals surface area contributed by atoms with Crippen molar-refractivity contribution in [3.8, 4) is 0 Å². The fraction of sp³-hybridized carbons (Fsp3) is 0.0769. The van der Waals surface area contributed by atoms with E-state index in [1.165, 1.54) is 4.90 Å². The standard InChI is InChI=1S/C26H18N2O4/c29-21-16-17-22(30)27(21)23-25(32)28(20-14-8-3-9-15-20)26(23,19-12-6-2-7-13-19)24(31)18-10-4-1-5-11-18/h1-17,23H. The lowest BCUT2D eigenvalue weighted by Crippen LogP contribution is -2.81. The first-order valence-electron chi connectivity index (χ1n) is 10.2. The molecule has 2 aliphatic rings. The summed E-state index contributed by atoms with van der Waals surface area (Å²) in [5.41, 5.74) is -0.191. The van der Waals surface area contributed by atoms with E-state index in [2.05, 4.69) is 0 Å². The molecule has 2 heterocycles. The Bertz CT molecular complexity index is 1240. The van der Waals surface area contributed by atoms with Crippen LogP contribution < -0.4 is 4.90 Å². The lowest BCUT2D eigenvalue weighted by atomic mass is 9.67. The third-order valence-corrected chi connectivity index (χ3v) is 5.91. The minimum atomic E-state index is -1.60. The van der Waals surface area contributed by atoms with E-state index in [0.29, 0.717) is 16.8 Å². The molecule has 3 aromatic carbocycles. The second kappa shape index (κ2) is 7.42. The summed E-state index contributed by atoms with van der Waals surface area (Å²) in [5, 5.41) is 0. The van der Waals surface area contributed by atoms with Crippen molar-refractivity contribution in [1.82, 2.24) is 4.90 Å². The second-order valence-electron chi connectivity index (χ2n) is 7.62. The van der Waals surface area contributed by atoms with Gasteiger partial charge in [-0.1, -0.05) is 78.9 Å². The molecule has 2 atom stereocenters. The van der Waals surface area contributed by atoms with Gasteiger partial charge in [-0.3, -0.25) is 29.0 Å². The molecule has 0 saturated carbocycles.